The second-order valence-corrected chi connectivity index (χ2v) is 9.57. The van der Waals surface area contributed by atoms with Crippen LogP contribution in [0.3, 0.4) is 0 Å². The number of benzene rings is 1. The third kappa shape index (κ3) is 6.78. The van der Waals surface area contributed by atoms with Crippen LogP contribution in [0.15, 0.2) is 48.1 Å². The number of nitrogens with zero attached hydrogens (tertiary/aromatic N) is 1. The number of hydrogen-bond donors (Lipinski definition) is 3. The summed E-state index contributed by atoms with van der Waals surface area (Å²) in [5.74, 6) is 1.11. The van der Waals surface area contributed by atoms with E-state index in [9.17, 15) is 10.2 Å². The van der Waals surface area contributed by atoms with Gasteiger partial charge >= 0.3 is 0 Å². The fourth-order valence-electron chi connectivity index (χ4n) is 5.07. The van der Waals surface area contributed by atoms with Gasteiger partial charge in [0.2, 0.25) is 0 Å². The van der Waals surface area contributed by atoms with E-state index in [-0.39, 0.29) is 12.0 Å². The van der Waals surface area contributed by atoms with E-state index in [1.165, 1.54) is 24.0 Å². The summed E-state index contributed by atoms with van der Waals surface area (Å²) in [5, 5.41) is 24.6. The molecule has 1 saturated carbocycles. The normalized spacial score (nSPS) is 27.1. The molecule has 0 radical (unpaired) electrons. The van der Waals surface area contributed by atoms with E-state index < -0.39 is 6.10 Å². The first-order chi connectivity index (χ1) is 14.4. The number of fused-ring (bicyclic) bond motifs is 1. The van der Waals surface area contributed by atoms with Crippen molar-refractivity contribution in [2.45, 2.75) is 51.2 Å². The molecule has 1 aromatic carbocycles. The first-order valence-electron chi connectivity index (χ1n) is 11.6. The molecule has 4 nitrogen and oxygen atoms in total. The molecule has 0 amide bonds. The third-order valence-electron chi connectivity index (χ3n) is 6.59. The maximum absolute atomic E-state index is 10.6. The smallest absolute Gasteiger partial charge is 0.0761 e. The molecule has 1 aromatic rings. The Kier molecular flexibility index (Phi) is 8.70. The fraction of sp³-hybridized carbons (Fsp3) is 0.615. The van der Waals surface area contributed by atoms with Gasteiger partial charge in [0.25, 0.3) is 0 Å². The molecule has 166 valence electrons. The van der Waals surface area contributed by atoms with E-state index in [1.807, 2.05) is 12.1 Å². The highest BCUT2D eigenvalue weighted by molar-refractivity contribution is 5.24. The Morgan fingerprint density at radius 1 is 1.27 bits per heavy atom. The molecular formula is C26H40N2O2. The molecule has 5 atom stereocenters. The summed E-state index contributed by atoms with van der Waals surface area (Å²) in [5.41, 5.74) is 3.86. The van der Waals surface area contributed by atoms with Crippen molar-refractivity contribution in [3.8, 4) is 0 Å². The van der Waals surface area contributed by atoms with Gasteiger partial charge in [-0.2, -0.15) is 0 Å². The van der Waals surface area contributed by atoms with E-state index in [1.54, 1.807) is 0 Å². The monoisotopic (exact) mass is 412 g/mol. The number of hydrogen-bond acceptors (Lipinski definition) is 4. The Labute approximate surface area is 182 Å². The third-order valence-corrected chi connectivity index (χ3v) is 6.59. The molecule has 30 heavy (non-hydrogen) atoms. The molecule has 0 bridgehead atoms. The predicted octanol–water partition coefficient (Wildman–Crippen LogP) is 3.33. The van der Waals surface area contributed by atoms with Gasteiger partial charge in [-0.05, 0) is 77.2 Å². The number of nitrogens with one attached hydrogen (secondary N) is 1. The minimum Gasteiger partial charge on any atom is -0.392 e. The molecule has 3 rings (SSSR count). The lowest BCUT2D eigenvalue weighted by molar-refractivity contribution is 0.140. The van der Waals surface area contributed by atoms with Crippen LogP contribution < -0.4 is 5.32 Å². The Balaban J connectivity index is 1.44. The molecule has 2 aliphatic rings. The van der Waals surface area contributed by atoms with Gasteiger partial charge in [-0.3, -0.25) is 0 Å². The van der Waals surface area contributed by atoms with E-state index in [2.05, 4.69) is 61.6 Å². The number of aryl methyl sites for hydroxylation is 1. The van der Waals surface area contributed by atoms with Gasteiger partial charge in [0, 0.05) is 18.9 Å². The summed E-state index contributed by atoms with van der Waals surface area (Å²) < 4.78 is 0. The predicted molar refractivity (Wildman–Crippen MR) is 124 cm³/mol. The molecule has 0 unspecified atom stereocenters. The first-order valence-corrected chi connectivity index (χ1v) is 11.6. The molecule has 1 fully saturated rings. The van der Waals surface area contributed by atoms with Gasteiger partial charge in [-0.25, -0.2) is 0 Å². The topological polar surface area (TPSA) is 55.7 Å². The largest absolute Gasteiger partial charge is 0.392 e. The van der Waals surface area contributed by atoms with Gasteiger partial charge in [0.15, 0.2) is 0 Å². The molecule has 4 heteroatoms. The van der Waals surface area contributed by atoms with Crippen LogP contribution in [0, 0.1) is 24.7 Å². The number of aliphatic hydroxyl groups is 2. The molecule has 0 saturated heterocycles. The average molecular weight is 413 g/mol. The number of allylic oxidation sites excluding steroid dienone is 1. The van der Waals surface area contributed by atoms with Crippen LogP contribution in [-0.4, -0.2) is 61.1 Å². The Bertz CT molecular complexity index is 727. The van der Waals surface area contributed by atoms with Crippen molar-refractivity contribution < 1.29 is 10.2 Å². The molecule has 0 heterocycles. The number of aliphatic hydroxyl groups excluding tert-OH is 2. The Morgan fingerprint density at radius 2 is 2.10 bits per heavy atom. The SMILES string of the molecule is Cc1cccc(C[C@H](O)/C=C/[C@@H]2[C@H]3CC(CNCCCCN(C)C)=C[C@H]3C[C@H]2O)c1. The molecule has 2 aliphatic carbocycles. The van der Waals surface area contributed by atoms with Crippen LogP contribution >= 0.6 is 0 Å². The highest BCUT2D eigenvalue weighted by Crippen LogP contribution is 2.47. The minimum absolute atomic E-state index is 0.149. The quantitative estimate of drug-likeness (QED) is 0.385. The van der Waals surface area contributed by atoms with Crippen LogP contribution in [0.25, 0.3) is 0 Å². The van der Waals surface area contributed by atoms with Crippen LogP contribution in [0.5, 0.6) is 0 Å². The summed E-state index contributed by atoms with van der Waals surface area (Å²) >= 11 is 0. The van der Waals surface area contributed by atoms with Crippen LogP contribution in [0.1, 0.15) is 36.8 Å². The van der Waals surface area contributed by atoms with E-state index >= 15 is 0 Å². The van der Waals surface area contributed by atoms with Crippen LogP contribution in [0.2, 0.25) is 0 Å². The Morgan fingerprint density at radius 3 is 2.87 bits per heavy atom. The maximum atomic E-state index is 10.6. The van der Waals surface area contributed by atoms with Crippen LogP contribution in [0.4, 0.5) is 0 Å². The highest BCUT2D eigenvalue weighted by Gasteiger charge is 2.43. The zero-order chi connectivity index (χ0) is 21.5. The van der Waals surface area contributed by atoms with E-state index in [4.69, 9.17) is 0 Å². The minimum atomic E-state index is -0.504. The van der Waals surface area contributed by atoms with Crippen LogP contribution in [-0.2, 0) is 6.42 Å². The standard InChI is InChI=1S/C26H40N2O2/c1-19-7-6-8-20(13-19)15-23(29)9-10-24-25-16-21(14-22(25)17-26(24)30)18-27-11-4-5-12-28(2)3/h6-10,13-14,22-27,29-30H,4-5,11-12,15-18H2,1-3H3/b10-9+/t22-,23+,24+,25-,26+/m0/s1. The fourth-order valence-corrected chi connectivity index (χ4v) is 5.07. The lowest BCUT2D eigenvalue weighted by atomic mass is 9.89. The highest BCUT2D eigenvalue weighted by atomic mass is 16.3. The maximum Gasteiger partial charge on any atom is 0.0761 e. The van der Waals surface area contributed by atoms with E-state index in [0.717, 1.165) is 38.0 Å². The Hall–Kier alpha value is -1.46. The van der Waals surface area contributed by atoms with Gasteiger partial charge in [-0.15, -0.1) is 0 Å². The summed E-state index contributed by atoms with van der Waals surface area (Å²) in [6.07, 6.45) is 10.6. The van der Waals surface area contributed by atoms with Gasteiger partial charge in [0.1, 0.15) is 0 Å². The molecule has 0 aromatic heterocycles. The average Bonchev–Trinajstić information content (AvgIpc) is 3.19. The second kappa shape index (κ2) is 11.2. The lowest BCUT2D eigenvalue weighted by Gasteiger charge is -2.19. The van der Waals surface area contributed by atoms with Crippen molar-refractivity contribution in [1.29, 1.82) is 0 Å². The number of rotatable bonds is 11. The van der Waals surface area contributed by atoms with Crippen molar-refractivity contribution in [1.82, 2.24) is 10.2 Å². The summed E-state index contributed by atoms with van der Waals surface area (Å²) in [7, 11) is 4.24. The zero-order valence-electron chi connectivity index (χ0n) is 18.9. The van der Waals surface area contributed by atoms with Gasteiger partial charge in [-0.1, -0.05) is 53.6 Å². The van der Waals surface area contributed by atoms with Crippen molar-refractivity contribution in [2.24, 2.45) is 17.8 Å². The van der Waals surface area contributed by atoms with Crippen molar-refractivity contribution >= 4 is 0 Å². The number of unbranched alkanes of at least 4 members (excludes halogenated alkanes) is 1. The molecule has 0 aliphatic heterocycles. The van der Waals surface area contributed by atoms with Crippen molar-refractivity contribution in [2.75, 3.05) is 33.7 Å². The van der Waals surface area contributed by atoms with E-state index in [0.29, 0.717) is 18.3 Å². The van der Waals surface area contributed by atoms with Gasteiger partial charge in [0.05, 0.1) is 12.2 Å². The first kappa shape index (κ1) is 23.2. The summed E-state index contributed by atoms with van der Waals surface area (Å²) in [4.78, 5) is 2.23. The molecular weight excluding hydrogens is 372 g/mol. The molecule has 3 N–H and O–H groups in total. The molecule has 0 spiro atoms. The van der Waals surface area contributed by atoms with Gasteiger partial charge < -0.3 is 20.4 Å². The lowest BCUT2D eigenvalue weighted by Crippen LogP contribution is -2.22. The van der Waals surface area contributed by atoms with Crippen molar-refractivity contribution in [3.05, 3.63) is 59.2 Å². The summed E-state index contributed by atoms with van der Waals surface area (Å²) in [6.45, 7) is 5.26. The zero-order valence-corrected chi connectivity index (χ0v) is 18.9. The second-order valence-electron chi connectivity index (χ2n) is 9.57. The summed E-state index contributed by atoms with van der Waals surface area (Å²) in [6, 6.07) is 8.29. The van der Waals surface area contributed by atoms with Crippen molar-refractivity contribution in [3.63, 3.8) is 0 Å².